The summed E-state index contributed by atoms with van der Waals surface area (Å²) in [6.07, 6.45) is 0.721. The molecule has 92 valence electrons. The van der Waals surface area contributed by atoms with Crippen LogP contribution < -0.4 is 5.32 Å². The van der Waals surface area contributed by atoms with Crippen molar-refractivity contribution in [2.24, 2.45) is 5.41 Å². The van der Waals surface area contributed by atoms with E-state index < -0.39 is 11.2 Å². The first-order valence-electron chi connectivity index (χ1n) is 5.35. The van der Waals surface area contributed by atoms with Gasteiger partial charge in [0.25, 0.3) is 0 Å². The average Bonchev–Trinajstić information content (AvgIpc) is 2.74. The van der Waals surface area contributed by atoms with Gasteiger partial charge in [0.1, 0.15) is 0 Å². The van der Waals surface area contributed by atoms with Crippen LogP contribution in [0.2, 0.25) is 5.02 Å². The Bertz CT molecular complexity index is 472. The Morgan fingerprint density at radius 3 is 2.88 bits per heavy atom. The minimum atomic E-state index is -0.640. The minimum absolute atomic E-state index is 0.0367. The molecule has 0 saturated carbocycles. The largest absolute Gasteiger partial charge is 0.316 e. The lowest BCUT2D eigenvalue weighted by Gasteiger charge is -2.21. The number of carbonyl (C=O) groups excluding carboxylic acids is 1. The van der Waals surface area contributed by atoms with Crippen LogP contribution in [0.1, 0.15) is 23.7 Å². The molecule has 0 aliphatic carbocycles. The van der Waals surface area contributed by atoms with E-state index >= 15 is 0 Å². The maximum Gasteiger partial charge on any atom is 0.173 e. The van der Waals surface area contributed by atoms with E-state index in [0.29, 0.717) is 11.0 Å². The van der Waals surface area contributed by atoms with E-state index in [2.05, 4.69) is 21.2 Å². The standard InChI is InChI=1S/C12H12BrClFNO/c1-12(4-5-16-6-12)11(17)7-2-3-8(13)9(14)10(7)15/h2-3,16H,4-6H2,1H3. The molecule has 1 fully saturated rings. The molecule has 1 aliphatic rings. The maximum atomic E-state index is 13.9. The molecule has 0 amide bonds. The van der Waals surface area contributed by atoms with Crippen molar-refractivity contribution in [1.29, 1.82) is 0 Å². The van der Waals surface area contributed by atoms with Crippen molar-refractivity contribution in [2.75, 3.05) is 13.1 Å². The van der Waals surface area contributed by atoms with Gasteiger partial charge in [0, 0.05) is 16.4 Å². The van der Waals surface area contributed by atoms with Crippen LogP contribution >= 0.6 is 27.5 Å². The van der Waals surface area contributed by atoms with Gasteiger partial charge in [-0.1, -0.05) is 18.5 Å². The molecule has 1 unspecified atom stereocenters. The third-order valence-corrected chi connectivity index (χ3v) is 4.46. The third-order valence-electron chi connectivity index (χ3n) is 3.20. The second-order valence-electron chi connectivity index (χ2n) is 4.54. The van der Waals surface area contributed by atoms with Crippen LogP contribution in [0.15, 0.2) is 16.6 Å². The summed E-state index contributed by atoms with van der Waals surface area (Å²) in [5.41, 5.74) is -0.456. The van der Waals surface area contributed by atoms with Gasteiger partial charge in [0.05, 0.1) is 10.6 Å². The lowest BCUT2D eigenvalue weighted by atomic mass is 9.81. The molecule has 1 aromatic rings. The van der Waals surface area contributed by atoms with Crippen molar-refractivity contribution in [3.05, 3.63) is 33.0 Å². The van der Waals surface area contributed by atoms with Crippen LogP contribution in [0.3, 0.4) is 0 Å². The molecule has 0 spiro atoms. The van der Waals surface area contributed by atoms with Crippen molar-refractivity contribution >= 4 is 33.3 Å². The summed E-state index contributed by atoms with van der Waals surface area (Å²) in [6, 6.07) is 3.08. The zero-order chi connectivity index (χ0) is 12.6. The highest BCUT2D eigenvalue weighted by atomic mass is 79.9. The molecule has 2 rings (SSSR count). The summed E-state index contributed by atoms with van der Waals surface area (Å²) >= 11 is 8.92. The summed E-state index contributed by atoms with van der Waals surface area (Å²) in [6.45, 7) is 3.22. The summed E-state index contributed by atoms with van der Waals surface area (Å²) in [5.74, 6) is -0.825. The number of benzene rings is 1. The predicted molar refractivity (Wildman–Crippen MR) is 69.0 cm³/mol. The fourth-order valence-electron chi connectivity index (χ4n) is 2.04. The van der Waals surface area contributed by atoms with Crippen LogP contribution in [-0.2, 0) is 0 Å². The number of Topliss-reactive ketones (excluding diaryl/α,β-unsaturated/α-hetero) is 1. The van der Waals surface area contributed by atoms with Crippen molar-refractivity contribution in [3.8, 4) is 0 Å². The molecule has 17 heavy (non-hydrogen) atoms. The average molecular weight is 321 g/mol. The van der Waals surface area contributed by atoms with Crippen molar-refractivity contribution in [1.82, 2.24) is 5.32 Å². The molecular weight excluding hydrogens is 308 g/mol. The molecule has 1 atom stereocenters. The highest BCUT2D eigenvalue weighted by molar-refractivity contribution is 9.10. The minimum Gasteiger partial charge on any atom is -0.316 e. The monoisotopic (exact) mass is 319 g/mol. The number of ketones is 1. The third kappa shape index (κ3) is 2.26. The Balaban J connectivity index is 2.41. The summed E-state index contributed by atoms with van der Waals surface area (Å²) in [7, 11) is 0. The van der Waals surface area contributed by atoms with Gasteiger partial charge in [-0.3, -0.25) is 4.79 Å². The van der Waals surface area contributed by atoms with Gasteiger partial charge < -0.3 is 5.32 Å². The van der Waals surface area contributed by atoms with Crippen molar-refractivity contribution in [3.63, 3.8) is 0 Å². The van der Waals surface area contributed by atoms with E-state index in [1.807, 2.05) is 6.92 Å². The van der Waals surface area contributed by atoms with Crippen molar-refractivity contribution < 1.29 is 9.18 Å². The van der Waals surface area contributed by atoms with Crippen LogP contribution in [0.25, 0.3) is 0 Å². The molecule has 5 heteroatoms. The summed E-state index contributed by atoms with van der Waals surface area (Å²) in [4.78, 5) is 12.3. The molecule has 1 saturated heterocycles. The molecule has 1 aromatic carbocycles. The molecule has 0 aromatic heterocycles. The quantitative estimate of drug-likeness (QED) is 0.668. The SMILES string of the molecule is CC1(C(=O)c2ccc(Br)c(Cl)c2F)CCNC1. The van der Waals surface area contributed by atoms with Gasteiger partial charge in [0.15, 0.2) is 11.6 Å². The van der Waals surface area contributed by atoms with Crippen molar-refractivity contribution in [2.45, 2.75) is 13.3 Å². The van der Waals surface area contributed by atoms with Gasteiger partial charge >= 0.3 is 0 Å². The van der Waals surface area contributed by atoms with E-state index in [-0.39, 0.29) is 16.4 Å². The Morgan fingerprint density at radius 2 is 2.29 bits per heavy atom. The molecular formula is C12H12BrClFNO. The smallest absolute Gasteiger partial charge is 0.173 e. The Labute approximate surface area is 113 Å². The zero-order valence-electron chi connectivity index (χ0n) is 9.32. The Kier molecular flexibility index (Phi) is 3.57. The zero-order valence-corrected chi connectivity index (χ0v) is 11.7. The molecule has 1 N–H and O–H groups in total. The number of halogens is 3. The fourth-order valence-corrected chi connectivity index (χ4v) is 2.51. The highest BCUT2D eigenvalue weighted by Gasteiger charge is 2.38. The number of hydrogen-bond donors (Lipinski definition) is 1. The number of nitrogens with one attached hydrogen (secondary N) is 1. The van der Waals surface area contributed by atoms with Gasteiger partial charge in [-0.2, -0.15) is 0 Å². The summed E-state index contributed by atoms with van der Waals surface area (Å²) in [5, 5.41) is 3.09. The predicted octanol–water partition coefficient (Wildman–Crippen LogP) is 3.42. The lowest BCUT2D eigenvalue weighted by Crippen LogP contribution is -2.31. The fraction of sp³-hybridized carbons (Fsp3) is 0.417. The first kappa shape index (κ1) is 13.0. The van der Waals surface area contributed by atoms with Gasteiger partial charge in [0.2, 0.25) is 0 Å². The van der Waals surface area contributed by atoms with Crippen LogP contribution in [0, 0.1) is 11.2 Å². The molecule has 0 radical (unpaired) electrons. The van der Waals surface area contributed by atoms with Gasteiger partial charge in [-0.25, -0.2) is 4.39 Å². The lowest BCUT2D eigenvalue weighted by molar-refractivity contribution is 0.0835. The van der Waals surface area contributed by atoms with Gasteiger partial charge in [-0.05, 0) is 41.0 Å². The van der Waals surface area contributed by atoms with E-state index in [9.17, 15) is 9.18 Å². The van der Waals surface area contributed by atoms with E-state index in [1.165, 1.54) is 6.07 Å². The molecule has 2 nitrogen and oxygen atoms in total. The molecule has 0 bridgehead atoms. The van der Waals surface area contributed by atoms with Gasteiger partial charge in [-0.15, -0.1) is 0 Å². The van der Waals surface area contributed by atoms with E-state index in [1.54, 1.807) is 6.07 Å². The van der Waals surface area contributed by atoms with Crippen LogP contribution in [-0.4, -0.2) is 18.9 Å². The Morgan fingerprint density at radius 1 is 1.59 bits per heavy atom. The number of rotatable bonds is 2. The summed E-state index contributed by atoms with van der Waals surface area (Å²) < 4.78 is 14.4. The molecule has 1 aliphatic heterocycles. The second-order valence-corrected chi connectivity index (χ2v) is 5.77. The van der Waals surface area contributed by atoms with E-state index in [0.717, 1.165) is 13.0 Å². The van der Waals surface area contributed by atoms with Crippen LogP contribution in [0.5, 0.6) is 0 Å². The van der Waals surface area contributed by atoms with E-state index in [4.69, 9.17) is 11.6 Å². The molecule has 1 heterocycles. The normalized spacial score (nSPS) is 24.0. The highest BCUT2D eigenvalue weighted by Crippen LogP contribution is 2.34. The van der Waals surface area contributed by atoms with Crippen LogP contribution in [0.4, 0.5) is 4.39 Å². The number of carbonyl (C=O) groups is 1. The second kappa shape index (κ2) is 4.67. The maximum absolute atomic E-state index is 13.9. The number of hydrogen-bond acceptors (Lipinski definition) is 2. The topological polar surface area (TPSA) is 29.1 Å². The first-order chi connectivity index (χ1) is 7.96. The first-order valence-corrected chi connectivity index (χ1v) is 6.52. The Hall–Kier alpha value is -0.450.